The van der Waals surface area contributed by atoms with Gasteiger partial charge in [0, 0.05) is 6.07 Å². The number of rotatable bonds is 3. The van der Waals surface area contributed by atoms with Crippen molar-refractivity contribution in [3.63, 3.8) is 0 Å². The normalized spacial score (nSPS) is 12.5. The standard InChI is InChI=1S/C14H22N4O2Si/c1-10-7-8-11(20-21(5,6)14(2,3)4)9-12(10)18-13(19)15-16-17-18/h7-9H,1-6H3,(H,15,17,19). The van der Waals surface area contributed by atoms with Crippen LogP contribution in [0.5, 0.6) is 5.75 Å². The second-order valence-electron chi connectivity index (χ2n) is 6.73. The number of hydrogen-bond donors (Lipinski definition) is 1. The Bertz CT molecular complexity index is 697. The van der Waals surface area contributed by atoms with Gasteiger partial charge in [0.25, 0.3) is 0 Å². The van der Waals surface area contributed by atoms with Gasteiger partial charge in [0.1, 0.15) is 5.75 Å². The van der Waals surface area contributed by atoms with E-state index in [-0.39, 0.29) is 10.7 Å². The van der Waals surface area contributed by atoms with Crippen molar-refractivity contribution in [1.82, 2.24) is 20.2 Å². The molecule has 2 aromatic rings. The zero-order valence-electron chi connectivity index (χ0n) is 13.4. The van der Waals surface area contributed by atoms with Gasteiger partial charge >= 0.3 is 5.69 Å². The second-order valence-corrected chi connectivity index (χ2v) is 11.5. The summed E-state index contributed by atoms with van der Waals surface area (Å²) in [5.41, 5.74) is 1.26. The van der Waals surface area contributed by atoms with Crippen LogP contribution in [0.2, 0.25) is 18.1 Å². The first-order chi connectivity index (χ1) is 9.62. The van der Waals surface area contributed by atoms with Crippen molar-refractivity contribution in [2.24, 2.45) is 0 Å². The molecule has 0 bridgehead atoms. The third-order valence-corrected chi connectivity index (χ3v) is 8.42. The number of aryl methyl sites for hydroxylation is 1. The summed E-state index contributed by atoms with van der Waals surface area (Å²) in [6.45, 7) is 12.9. The fraction of sp³-hybridized carbons (Fsp3) is 0.500. The molecule has 114 valence electrons. The van der Waals surface area contributed by atoms with Crippen LogP contribution in [0.15, 0.2) is 23.0 Å². The van der Waals surface area contributed by atoms with Crippen LogP contribution in [-0.4, -0.2) is 28.5 Å². The minimum Gasteiger partial charge on any atom is -0.543 e. The van der Waals surface area contributed by atoms with Gasteiger partial charge in [-0.1, -0.05) is 26.8 Å². The van der Waals surface area contributed by atoms with E-state index in [0.717, 1.165) is 11.3 Å². The predicted molar refractivity (Wildman–Crippen MR) is 84.5 cm³/mol. The number of nitrogens with zero attached hydrogens (tertiary/aromatic N) is 3. The SMILES string of the molecule is Cc1ccc(O[Si](C)(C)C(C)(C)C)cc1-n1nn[nH]c1=O. The van der Waals surface area contributed by atoms with Gasteiger partial charge in [-0.3, -0.25) is 0 Å². The quantitative estimate of drug-likeness (QED) is 0.885. The van der Waals surface area contributed by atoms with E-state index in [4.69, 9.17) is 4.43 Å². The number of aromatic nitrogens is 4. The summed E-state index contributed by atoms with van der Waals surface area (Å²) < 4.78 is 7.51. The van der Waals surface area contributed by atoms with E-state index in [1.807, 2.05) is 25.1 Å². The molecule has 0 fully saturated rings. The van der Waals surface area contributed by atoms with Crippen LogP contribution in [0.1, 0.15) is 26.3 Å². The largest absolute Gasteiger partial charge is 0.543 e. The van der Waals surface area contributed by atoms with E-state index < -0.39 is 8.32 Å². The van der Waals surface area contributed by atoms with Crippen LogP contribution < -0.4 is 10.1 Å². The van der Waals surface area contributed by atoms with E-state index in [0.29, 0.717) is 5.69 Å². The van der Waals surface area contributed by atoms with E-state index in [1.54, 1.807) is 0 Å². The molecule has 1 aromatic heterocycles. The zero-order chi connectivity index (χ0) is 15.8. The molecule has 1 heterocycles. The Kier molecular flexibility index (Phi) is 3.79. The summed E-state index contributed by atoms with van der Waals surface area (Å²) in [5.74, 6) is 0.761. The topological polar surface area (TPSA) is 72.8 Å². The van der Waals surface area contributed by atoms with Gasteiger partial charge < -0.3 is 4.43 Å². The van der Waals surface area contributed by atoms with Gasteiger partial charge in [0.2, 0.25) is 8.32 Å². The maximum absolute atomic E-state index is 11.7. The number of tetrazole rings is 1. The molecule has 0 aliphatic heterocycles. The van der Waals surface area contributed by atoms with Crippen molar-refractivity contribution < 1.29 is 4.43 Å². The average Bonchev–Trinajstić information content (AvgIpc) is 2.76. The first-order valence-electron chi connectivity index (χ1n) is 6.92. The Balaban J connectivity index is 2.41. The minimum atomic E-state index is -1.92. The molecule has 0 radical (unpaired) electrons. The molecule has 0 saturated heterocycles. The van der Waals surface area contributed by atoms with Crippen LogP contribution in [-0.2, 0) is 0 Å². The number of nitrogens with one attached hydrogen (secondary N) is 1. The number of aromatic amines is 1. The van der Waals surface area contributed by atoms with Crippen LogP contribution in [0, 0.1) is 6.92 Å². The Hall–Kier alpha value is -1.89. The predicted octanol–water partition coefficient (Wildman–Crippen LogP) is 2.65. The summed E-state index contributed by atoms with van der Waals surface area (Å²) in [6, 6.07) is 5.71. The summed E-state index contributed by atoms with van der Waals surface area (Å²) in [6.07, 6.45) is 0. The van der Waals surface area contributed by atoms with Crippen molar-refractivity contribution in [2.75, 3.05) is 0 Å². The van der Waals surface area contributed by atoms with Gasteiger partial charge in [0.05, 0.1) is 5.69 Å². The lowest BCUT2D eigenvalue weighted by atomic mass is 10.2. The van der Waals surface area contributed by atoms with Gasteiger partial charge in [0.15, 0.2) is 0 Å². The molecule has 2 rings (SSSR count). The molecule has 0 saturated carbocycles. The maximum atomic E-state index is 11.7. The molecular formula is C14H22N4O2Si. The monoisotopic (exact) mass is 306 g/mol. The molecule has 0 aliphatic carbocycles. The maximum Gasteiger partial charge on any atom is 0.365 e. The zero-order valence-corrected chi connectivity index (χ0v) is 14.4. The van der Waals surface area contributed by atoms with Crippen molar-refractivity contribution in [2.45, 2.75) is 45.8 Å². The molecule has 0 amide bonds. The van der Waals surface area contributed by atoms with Crippen LogP contribution >= 0.6 is 0 Å². The molecule has 6 nitrogen and oxygen atoms in total. The summed E-state index contributed by atoms with van der Waals surface area (Å²) in [5, 5.41) is 9.73. The molecule has 1 aromatic carbocycles. The minimum absolute atomic E-state index is 0.114. The highest BCUT2D eigenvalue weighted by molar-refractivity contribution is 6.74. The molecule has 0 aliphatic rings. The first kappa shape index (κ1) is 15.5. The lowest BCUT2D eigenvalue weighted by molar-refractivity contribution is 0.491. The molecule has 0 atom stereocenters. The van der Waals surface area contributed by atoms with Gasteiger partial charge in [-0.2, -0.15) is 4.68 Å². The Labute approximate surface area is 125 Å². The van der Waals surface area contributed by atoms with E-state index in [2.05, 4.69) is 49.4 Å². The van der Waals surface area contributed by atoms with Gasteiger partial charge in [-0.05, 0) is 47.1 Å². The van der Waals surface area contributed by atoms with E-state index >= 15 is 0 Å². The molecule has 0 spiro atoms. The highest BCUT2D eigenvalue weighted by Crippen LogP contribution is 2.37. The third-order valence-electron chi connectivity index (χ3n) is 4.06. The summed E-state index contributed by atoms with van der Waals surface area (Å²) >= 11 is 0. The molecule has 0 unspecified atom stereocenters. The molecule has 1 N–H and O–H groups in total. The first-order valence-corrected chi connectivity index (χ1v) is 9.83. The molecule has 21 heavy (non-hydrogen) atoms. The third kappa shape index (κ3) is 3.07. The summed E-state index contributed by atoms with van der Waals surface area (Å²) in [7, 11) is -1.92. The molecule has 7 heteroatoms. The van der Waals surface area contributed by atoms with Crippen molar-refractivity contribution in [1.29, 1.82) is 0 Å². The summed E-state index contributed by atoms with van der Waals surface area (Å²) in [4.78, 5) is 11.7. The smallest absolute Gasteiger partial charge is 0.365 e. The van der Waals surface area contributed by atoms with Gasteiger partial charge in [-0.25, -0.2) is 9.89 Å². The highest BCUT2D eigenvalue weighted by atomic mass is 28.4. The second kappa shape index (κ2) is 5.14. The van der Waals surface area contributed by atoms with E-state index in [1.165, 1.54) is 4.68 Å². The van der Waals surface area contributed by atoms with Gasteiger partial charge in [-0.15, -0.1) is 0 Å². The number of benzene rings is 1. The van der Waals surface area contributed by atoms with E-state index in [9.17, 15) is 4.79 Å². The lowest BCUT2D eigenvalue weighted by Crippen LogP contribution is -2.43. The Morgan fingerprint density at radius 1 is 1.29 bits per heavy atom. The lowest BCUT2D eigenvalue weighted by Gasteiger charge is -2.36. The van der Waals surface area contributed by atoms with Crippen LogP contribution in [0.4, 0.5) is 0 Å². The van der Waals surface area contributed by atoms with Crippen molar-refractivity contribution >= 4 is 8.32 Å². The highest BCUT2D eigenvalue weighted by Gasteiger charge is 2.39. The van der Waals surface area contributed by atoms with Crippen molar-refractivity contribution in [3.05, 3.63) is 34.2 Å². The fourth-order valence-electron chi connectivity index (χ4n) is 1.68. The number of hydrogen-bond acceptors (Lipinski definition) is 4. The Morgan fingerprint density at radius 3 is 2.48 bits per heavy atom. The number of H-pyrrole nitrogens is 1. The fourth-order valence-corrected chi connectivity index (χ4v) is 2.71. The van der Waals surface area contributed by atoms with Crippen LogP contribution in [0.3, 0.4) is 0 Å². The molecular weight excluding hydrogens is 284 g/mol. The Morgan fingerprint density at radius 2 is 1.95 bits per heavy atom. The van der Waals surface area contributed by atoms with Crippen LogP contribution in [0.25, 0.3) is 5.69 Å². The average molecular weight is 306 g/mol. The van der Waals surface area contributed by atoms with Crippen molar-refractivity contribution in [3.8, 4) is 11.4 Å².